The summed E-state index contributed by atoms with van der Waals surface area (Å²) >= 11 is 0. The normalized spacial score (nSPS) is 19.4. The molecule has 1 saturated heterocycles. The lowest BCUT2D eigenvalue weighted by atomic mass is 10.2. The van der Waals surface area contributed by atoms with Crippen LogP contribution in [0.25, 0.3) is 12.2 Å². The Morgan fingerprint density at radius 3 is 2.63 bits per heavy atom. The highest BCUT2D eigenvalue weighted by Gasteiger charge is 2.30. The number of carbonyl (C=O) groups is 1. The fourth-order valence-corrected chi connectivity index (χ4v) is 4.31. The number of hydrogen-bond acceptors (Lipinski definition) is 6. The number of aryl methyl sites for hydroxylation is 1. The van der Waals surface area contributed by atoms with Gasteiger partial charge in [0.25, 0.3) is 0 Å². The van der Waals surface area contributed by atoms with E-state index in [1.54, 1.807) is 43.3 Å². The lowest BCUT2D eigenvalue weighted by Crippen LogP contribution is -2.31. The molecule has 2 aliphatic rings. The van der Waals surface area contributed by atoms with Gasteiger partial charge in [0.15, 0.2) is 5.76 Å². The third-order valence-corrected chi connectivity index (χ3v) is 6.67. The summed E-state index contributed by atoms with van der Waals surface area (Å²) in [4.78, 5) is 12.2. The average Bonchev–Trinajstić information content (AvgIpc) is 3.36. The molecular formula is C21H25N3O5S. The van der Waals surface area contributed by atoms with E-state index < -0.39 is 10.0 Å². The molecule has 2 fully saturated rings. The van der Waals surface area contributed by atoms with E-state index in [1.807, 2.05) is 0 Å². The van der Waals surface area contributed by atoms with E-state index in [1.165, 1.54) is 0 Å². The molecule has 2 N–H and O–H groups in total. The van der Waals surface area contributed by atoms with Crippen molar-refractivity contribution in [3.05, 3.63) is 41.3 Å². The highest BCUT2D eigenvalue weighted by Crippen LogP contribution is 2.32. The van der Waals surface area contributed by atoms with Crippen LogP contribution >= 0.6 is 0 Å². The van der Waals surface area contributed by atoms with E-state index in [-0.39, 0.29) is 29.4 Å². The van der Waals surface area contributed by atoms with Crippen molar-refractivity contribution in [2.45, 2.75) is 43.6 Å². The maximum absolute atomic E-state index is 12.4. The fraction of sp³-hybridized carbons (Fsp3) is 0.429. The van der Waals surface area contributed by atoms with Crippen LogP contribution < -0.4 is 10.0 Å². The van der Waals surface area contributed by atoms with Gasteiger partial charge in [0.05, 0.1) is 11.0 Å². The van der Waals surface area contributed by atoms with E-state index in [0.717, 1.165) is 31.2 Å². The van der Waals surface area contributed by atoms with Crippen molar-refractivity contribution in [2.75, 3.05) is 18.5 Å². The quantitative estimate of drug-likeness (QED) is 0.665. The summed E-state index contributed by atoms with van der Waals surface area (Å²) in [5.41, 5.74) is 1.98. The van der Waals surface area contributed by atoms with E-state index in [4.69, 9.17) is 9.26 Å². The molecule has 160 valence electrons. The molecule has 0 radical (unpaired) electrons. The molecule has 1 aromatic carbocycles. The van der Waals surface area contributed by atoms with Crippen LogP contribution in [0.15, 0.2) is 33.7 Å². The third kappa shape index (κ3) is 4.97. The molecule has 1 atom stereocenters. The number of sulfonamides is 1. The van der Waals surface area contributed by atoms with Gasteiger partial charge in [-0.15, -0.1) is 0 Å². The maximum Gasteiger partial charge on any atom is 0.240 e. The van der Waals surface area contributed by atoms with Crippen LogP contribution in [0.2, 0.25) is 0 Å². The zero-order valence-electron chi connectivity index (χ0n) is 16.8. The summed E-state index contributed by atoms with van der Waals surface area (Å²) in [7, 11) is -3.58. The molecule has 0 spiro atoms. The average molecular weight is 432 g/mol. The van der Waals surface area contributed by atoms with Gasteiger partial charge in [0.2, 0.25) is 15.9 Å². The molecule has 1 unspecified atom stereocenters. The van der Waals surface area contributed by atoms with Crippen molar-refractivity contribution in [3.8, 4) is 0 Å². The number of carbonyl (C=O) groups excluding carboxylic acids is 1. The summed E-state index contributed by atoms with van der Waals surface area (Å²) in [6.07, 6.45) is 7.10. The number of nitrogens with zero attached hydrogens (tertiary/aromatic N) is 1. The second-order valence-electron chi connectivity index (χ2n) is 7.66. The van der Waals surface area contributed by atoms with Gasteiger partial charge in [-0.2, -0.15) is 0 Å². The van der Waals surface area contributed by atoms with Gasteiger partial charge >= 0.3 is 0 Å². The summed E-state index contributed by atoms with van der Waals surface area (Å²) < 4.78 is 38.2. The highest BCUT2D eigenvalue weighted by atomic mass is 32.2. The van der Waals surface area contributed by atoms with Gasteiger partial charge in [-0.05, 0) is 56.4 Å². The fourth-order valence-electron chi connectivity index (χ4n) is 3.25. The minimum absolute atomic E-state index is 0.0130. The predicted octanol–water partition coefficient (Wildman–Crippen LogP) is 2.96. The summed E-state index contributed by atoms with van der Waals surface area (Å²) in [6.45, 7) is 2.74. The summed E-state index contributed by atoms with van der Waals surface area (Å²) in [6, 6.07) is 6.53. The Labute approximate surface area is 175 Å². The molecule has 1 aromatic heterocycles. The van der Waals surface area contributed by atoms with E-state index in [0.29, 0.717) is 23.7 Å². The largest absolute Gasteiger partial charge is 0.377 e. The molecule has 8 nitrogen and oxygen atoms in total. The Kier molecular flexibility index (Phi) is 6.03. The molecule has 2 aromatic rings. The van der Waals surface area contributed by atoms with E-state index >= 15 is 0 Å². The third-order valence-electron chi connectivity index (χ3n) is 5.23. The lowest BCUT2D eigenvalue weighted by molar-refractivity contribution is -0.117. The smallest absolute Gasteiger partial charge is 0.240 e. The van der Waals surface area contributed by atoms with Crippen LogP contribution in [0.1, 0.15) is 42.7 Å². The molecular weight excluding hydrogens is 406 g/mol. The Hall–Kier alpha value is -2.49. The molecule has 1 saturated carbocycles. The Morgan fingerprint density at radius 2 is 1.97 bits per heavy atom. The van der Waals surface area contributed by atoms with Crippen molar-refractivity contribution in [1.82, 2.24) is 9.88 Å². The van der Waals surface area contributed by atoms with Crippen molar-refractivity contribution in [2.24, 2.45) is 5.92 Å². The van der Waals surface area contributed by atoms with Crippen LogP contribution in [0, 0.1) is 12.8 Å². The van der Waals surface area contributed by atoms with Crippen molar-refractivity contribution >= 4 is 33.8 Å². The van der Waals surface area contributed by atoms with Gasteiger partial charge in [-0.1, -0.05) is 23.4 Å². The first kappa shape index (κ1) is 20.8. The molecule has 1 aliphatic heterocycles. The second-order valence-corrected chi connectivity index (χ2v) is 9.43. The van der Waals surface area contributed by atoms with Crippen LogP contribution in [0.3, 0.4) is 0 Å². The number of ether oxygens (including phenoxy) is 1. The van der Waals surface area contributed by atoms with Crippen LogP contribution in [0.5, 0.6) is 0 Å². The first-order chi connectivity index (χ1) is 14.4. The lowest BCUT2D eigenvalue weighted by Gasteiger charge is -2.11. The highest BCUT2D eigenvalue weighted by molar-refractivity contribution is 7.89. The van der Waals surface area contributed by atoms with Crippen molar-refractivity contribution in [3.63, 3.8) is 0 Å². The van der Waals surface area contributed by atoms with Gasteiger partial charge in [-0.3, -0.25) is 4.79 Å². The number of nitrogens with one attached hydrogen (secondary N) is 2. The summed E-state index contributed by atoms with van der Waals surface area (Å²) in [5.74, 6) is 0.525. The van der Waals surface area contributed by atoms with Crippen LogP contribution in [0.4, 0.5) is 5.69 Å². The van der Waals surface area contributed by atoms with Gasteiger partial charge in [0, 0.05) is 19.1 Å². The zero-order chi connectivity index (χ0) is 21.1. The monoisotopic (exact) mass is 431 g/mol. The number of anilines is 1. The predicted molar refractivity (Wildman–Crippen MR) is 112 cm³/mol. The first-order valence-corrected chi connectivity index (χ1v) is 11.6. The Morgan fingerprint density at radius 1 is 1.20 bits per heavy atom. The zero-order valence-corrected chi connectivity index (χ0v) is 17.6. The number of hydrogen-bond donors (Lipinski definition) is 2. The van der Waals surface area contributed by atoms with E-state index in [2.05, 4.69) is 15.2 Å². The van der Waals surface area contributed by atoms with Crippen LogP contribution in [-0.2, 0) is 19.6 Å². The Bertz CT molecular complexity index is 1030. The molecule has 30 heavy (non-hydrogen) atoms. The van der Waals surface area contributed by atoms with Crippen molar-refractivity contribution < 1.29 is 22.5 Å². The maximum atomic E-state index is 12.4. The molecule has 1 aliphatic carbocycles. The molecule has 9 heteroatoms. The minimum Gasteiger partial charge on any atom is -0.377 e. The Balaban J connectivity index is 1.41. The van der Waals surface area contributed by atoms with Crippen LogP contribution in [-0.4, -0.2) is 38.7 Å². The number of benzene rings is 1. The number of aromatic nitrogens is 1. The molecule has 4 rings (SSSR count). The van der Waals surface area contributed by atoms with Gasteiger partial charge in [0.1, 0.15) is 11.4 Å². The first-order valence-electron chi connectivity index (χ1n) is 10.1. The molecule has 0 bridgehead atoms. The molecule has 2 heterocycles. The van der Waals surface area contributed by atoms with Crippen molar-refractivity contribution in [1.29, 1.82) is 0 Å². The summed E-state index contributed by atoms with van der Waals surface area (Å²) in [5, 5.41) is 6.80. The topological polar surface area (TPSA) is 111 Å². The van der Waals surface area contributed by atoms with Gasteiger partial charge < -0.3 is 14.6 Å². The second kappa shape index (κ2) is 8.71. The minimum atomic E-state index is -3.58. The molecule has 1 amide bonds. The number of rotatable bonds is 8. The standard InChI is InChI=1S/C21H25N3O5S/c1-14-20(23-21(25)16-7-8-16)19(29-24-14)11-6-15-4-9-18(10-5-15)30(26,27)22-13-17-3-2-12-28-17/h4-6,9-11,16-17,22H,2-3,7-8,12-13H2,1H3,(H,23,25). The van der Waals surface area contributed by atoms with E-state index in [9.17, 15) is 13.2 Å². The SMILES string of the molecule is Cc1noc(C=Cc2ccc(S(=O)(=O)NCC3CCCO3)cc2)c1NC(=O)C1CC1. The number of amides is 1. The van der Waals surface area contributed by atoms with Gasteiger partial charge in [-0.25, -0.2) is 13.1 Å².